The van der Waals surface area contributed by atoms with Crippen molar-refractivity contribution in [1.82, 2.24) is 14.2 Å². The van der Waals surface area contributed by atoms with Gasteiger partial charge in [0.1, 0.15) is 16.6 Å². The molecule has 0 aliphatic carbocycles. The van der Waals surface area contributed by atoms with Crippen molar-refractivity contribution in [3.63, 3.8) is 0 Å². The highest BCUT2D eigenvalue weighted by molar-refractivity contribution is 7.10. The van der Waals surface area contributed by atoms with Crippen molar-refractivity contribution in [1.29, 1.82) is 0 Å². The number of non-ortho nitro benzene ring substituents is 1. The van der Waals surface area contributed by atoms with E-state index in [0.29, 0.717) is 23.3 Å². The number of hydrogen-bond acceptors (Lipinski definition) is 9. The fraction of sp³-hybridized carbons (Fsp3) is 0.333. The molecule has 1 fully saturated rings. The van der Waals surface area contributed by atoms with Gasteiger partial charge in [-0.25, -0.2) is 13.6 Å². The Balaban J connectivity index is 1.16. The van der Waals surface area contributed by atoms with Crippen molar-refractivity contribution in [2.45, 2.75) is 38.6 Å². The van der Waals surface area contributed by atoms with Crippen LogP contribution in [0.15, 0.2) is 84.1 Å². The molecule has 1 aromatic heterocycles. The van der Waals surface area contributed by atoms with Crippen LogP contribution in [0.5, 0.6) is 0 Å². The summed E-state index contributed by atoms with van der Waals surface area (Å²) in [6.45, 7) is 7.86. The van der Waals surface area contributed by atoms with Gasteiger partial charge in [0.25, 0.3) is 5.69 Å². The number of nitro benzene ring substituents is 1. The lowest BCUT2D eigenvalue weighted by Crippen LogP contribution is -2.48. The van der Waals surface area contributed by atoms with Crippen LogP contribution >= 0.6 is 11.5 Å². The van der Waals surface area contributed by atoms with E-state index < -0.39 is 16.8 Å². The highest BCUT2D eigenvalue weighted by Crippen LogP contribution is 2.46. The van der Waals surface area contributed by atoms with Crippen LogP contribution in [0.2, 0.25) is 0 Å². The number of esters is 1. The molecule has 0 amide bonds. The Kier molecular flexibility index (Phi) is 10.2. The molecule has 0 radical (unpaired) electrons. The maximum absolute atomic E-state index is 13.7. The van der Waals surface area contributed by atoms with Crippen LogP contribution in [0.1, 0.15) is 60.2 Å². The molecule has 0 bridgehead atoms. The minimum Gasteiger partial charge on any atom is -0.463 e. The number of rotatable bonds is 11. The summed E-state index contributed by atoms with van der Waals surface area (Å²) in [6.07, 6.45) is 1.50. The van der Waals surface area contributed by atoms with E-state index in [2.05, 4.69) is 15.1 Å². The molecule has 1 unspecified atom stereocenters. The van der Waals surface area contributed by atoms with Crippen molar-refractivity contribution in [2.24, 2.45) is 0 Å². The molecule has 250 valence electrons. The number of nitrogens with one attached hydrogen (secondary N) is 1. The Morgan fingerprint density at radius 3 is 2.29 bits per heavy atom. The standard InChI is InChI=1S/C36H37F2N5O4S/c1-3-47-36(44)31-23(2)39-35-33(32(31)26-6-4-7-29(22-26)43(45)46)30(40-48-35)8-5-17-41-18-20-42(21-19-41)34(24-9-13-27(37)14-10-24)25-11-15-28(38)16-12-25/h4,6-7,9-16,22,32,34,39H,3,5,8,17-21H2,1-2H3. The van der Waals surface area contributed by atoms with E-state index in [1.807, 2.05) is 13.0 Å². The van der Waals surface area contributed by atoms with Crippen LogP contribution in [0.3, 0.4) is 0 Å². The monoisotopic (exact) mass is 673 g/mol. The summed E-state index contributed by atoms with van der Waals surface area (Å²) in [4.78, 5) is 29.2. The Hall–Kier alpha value is -4.52. The molecule has 4 aromatic rings. The molecule has 48 heavy (non-hydrogen) atoms. The van der Waals surface area contributed by atoms with Crippen LogP contribution in [0.4, 0.5) is 19.5 Å². The van der Waals surface area contributed by atoms with Crippen molar-refractivity contribution in [2.75, 3.05) is 44.6 Å². The number of fused-ring (bicyclic) bond motifs is 1. The van der Waals surface area contributed by atoms with Crippen molar-refractivity contribution < 1.29 is 23.2 Å². The summed E-state index contributed by atoms with van der Waals surface area (Å²) in [5.74, 6) is -1.59. The van der Waals surface area contributed by atoms with Gasteiger partial charge in [-0.2, -0.15) is 4.37 Å². The molecule has 2 aliphatic rings. The number of carbonyl (C=O) groups is 1. The second-order valence-corrected chi connectivity index (χ2v) is 12.8. The summed E-state index contributed by atoms with van der Waals surface area (Å²) in [7, 11) is 0. The third kappa shape index (κ3) is 7.15. The molecule has 9 nitrogen and oxygen atoms in total. The van der Waals surface area contributed by atoms with E-state index in [4.69, 9.17) is 9.11 Å². The van der Waals surface area contributed by atoms with Gasteiger partial charge in [0.2, 0.25) is 0 Å². The maximum atomic E-state index is 13.7. The SMILES string of the molecule is CCOC(=O)C1=C(C)Nc2snc(CCCN3CCN(C(c4ccc(F)cc4)c4ccc(F)cc4)CC3)c2C1c1cccc([N+](=O)[O-])c1. The summed E-state index contributed by atoms with van der Waals surface area (Å²) < 4.78 is 37.7. The smallest absolute Gasteiger partial charge is 0.336 e. The first-order valence-corrected chi connectivity index (χ1v) is 16.9. The average Bonchev–Trinajstić information content (AvgIpc) is 3.48. The van der Waals surface area contributed by atoms with Crippen LogP contribution in [-0.2, 0) is 16.0 Å². The molecule has 0 spiro atoms. The van der Waals surface area contributed by atoms with Gasteiger partial charge in [0, 0.05) is 55.5 Å². The Labute approximate surface area is 282 Å². The van der Waals surface area contributed by atoms with E-state index in [0.717, 1.165) is 66.5 Å². The summed E-state index contributed by atoms with van der Waals surface area (Å²) >= 11 is 1.33. The highest BCUT2D eigenvalue weighted by Gasteiger charge is 2.37. The zero-order chi connectivity index (χ0) is 33.8. The minimum atomic E-state index is -0.549. The van der Waals surface area contributed by atoms with Gasteiger partial charge in [-0.3, -0.25) is 15.0 Å². The molecule has 2 aliphatic heterocycles. The number of benzene rings is 3. The predicted molar refractivity (Wildman–Crippen MR) is 181 cm³/mol. The zero-order valence-electron chi connectivity index (χ0n) is 26.8. The predicted octanol–water partition coefficient (Wildman–Crippen LogP) is 7.06. The number of nitro groups is 1. The number of aromatic nitrogens is 1. The zero-order valence-corrected chi connectivity index (χ0v) is 27.6. The fourth-order valence-electron chi connectivity index (χ4n) is 6.75. The normalized spacial score (nSPS) is 16.9. The van der Waals surface area contributed by atoms with E-state index in [1.54, 1.807) is 37.3 Å². The second kappa shape index (κ2) is 14.7. The number of carbonyl (C=O) groups excluding carboxylic acids is 1. The third-order valence-electron chi connectivity index (χ3n) is 9.03. The second-order valence-electron chi connectivity index (χ2n) is 12.0. The first-order chi connectivity index (χ1) is 23.2. The number of halogens is 2. The molecule has 1 atom stereocenters. The highest BCUT2D eigenvalue weighted by atomic mass is 32.1. The van der Waals surface area contributed by atoms with Crippen LogP contribution in [-0.4, -0.2) is 64.4 Å². The van der Waals surface area contributed by atoms with Gasteiger partial charge < -0.3 is 15.0 Å². The quantitative estimate of drug-likeness (QED) is 0.103. The number of nitrogens with zero attached hydrogens (tertiary/aromatic N) is 4. The summed E-state index contributed by atoms with van der Waals surface area (Å²) in [6, 6.07) is 19.3. The van der Waals surface area contributed by atoms with E-state index >= 15 is 0 Å². The van der Waals surface area contributed by atoms with Gasteiger partial charge in [0.15, 0.2) is 0 Å². The fourth-order valence-corrected chi connectivity index (χ4v) is 7.67. The lowest BCUT2D eigenvalue weighted by Gasteiger charge is -2.40. The molecule has 1 saturated heterocycles. The molecular formula is C36H37F2N5O4S. The Morgan fingerprint density at radius 1 is 1.04 bits per heavy atom. The minimum absolute atomic E-state index is 0.0431. The van der Waals surface area contributed by atoms with E-state index in [9.17, 15) is 23.7 Å². The Bertz CT molecular complexity index is 1760. The first-order valence-electron chi connectivity index (χ1n) is 16.1. The summed E-state index contributed by atoms with van der Waals surface area (Å²) in [5, 5.41) is 15.8. The van der Waals surface area contributed by atoms with E-state index in [1.165, 1.54) is 47.9 Å². The van der Waals surface area contributed by atoms with Crippen molar-refractivity contribution >= 4 is 28.2 Å². The van der Waals surface area contributed by atoms with Crippen LogP contribution in [0.25, 0.3) is 0 Å². The van der Waals surface area contributed by atoms with Gasteiger partial charge in [-0.15, -0.1) is 0 Å². The maximum Gasteiger partial charge on any atom is 0.336 e. The molecule has 3 aromatic carbocycles. The largest absolute Gasteiger partial charge is 0.463 e. The molecule has 12 heteroatoms. The topological polar surface area (TPSA) is 101 Å². The number of piperazine rings is 1. The number of anilines is 1. The van der Waals surface area contributed by atoms with Crippen LogP contribution < -0.4 is 5.32 Å². The molecule has 0 saturated carbocycles. The average molecular weight is 674 g/mol. The number of hydrogen-bond donors (Lipinski definition) is 1. The summed E-state index contributed by atoms with van der Waals surface area (Å²) in [5.41, 5.74) is 5.32. The Morgan fingerprint density at radius 2 is 1.69 bits per heavy atom. The molecule has 3 heterocycles. The van der Waals surface area contributed by atoms with Crippen molar-refractivity contribution in [3.05, 3.63) is 134 Å². The van der Waals surface area contributed by atoms with Gasteiger partial charge in [-0.1, -0.05) is 36.4 Å². The molecule has 6 rings (SSSR count). The van der Waals surface area contributed by atoms with Crippen LogP contribution in [0, 0.1) is 21.7 Å². The van der Waals surface area contributed by atoms with E-state index in [-0.39, 0.29) is 30.0 Å². The van der Waals surface area contributed by atoms with Gasteiger partial charge in [0.05, 0.1) is 28.8 Å². The number of aryl methyl sites for hydroxylation is 1. The first kappa shape index (κ1) is 33.4. The van der Waals surface area contributed by atoms with Crippen molar-refractivity contribution in [3.8, 4) is 0 Å². The number of ether oxygens (including phenoxy) is 1. The lowest BCUT2D eigenvalue weighted by atomic mass is 9.81. The lowest BCUT2D eigenvalue weighted by molar-refractivity contribution is -0.384. The molecule has 1 N–H and O–H groups in total. The molecular weight excluding hydrogens is 636 g/mol. The van der Waals surface area contributed by atoms with Gasteiger partial charge >= 0.3 is 5.97 Å². The third-order valence-corrected chi connectivity index (χ3v) is 9.84. The number of allylic oxidation sites excluding steroid dienone is 1. The van der Waals surface area contributed by atoms with Gasteiger partial charge in [-0.05, 0) is 85.7 Å².